The van der Waals surface area contributed by atoms with Crippen molar-refractivity contribution in [3.8, 4) is 0 Å². The van der Waals surface area contributed by atoms with Crippen LogP contribution in [0.4, 0.5) is 0 Å². The molecule has 2 atom stereocenters. The molecule has 1 aliphatic rings. The van der Waals surface area contributed by atoms with E-state index in [0.29, 0.717) is 11.4 Å². The second-order valence-corrected chi connectivity index (χ2v) is 4.20. The molecular weight excluding hydrogens is 214 g/mol. The van der Waals surface area contributed by atoms with Crippen LogP contribution in [0.1, 0.15) is 18.0 Å². The van der Waals surface area contributed by atoms with Crippen LogP contribution in [0.2, 0.25) is 5.02 Å². The Labute approximate surface area is 93.3 Å². The molecule has 0 radical (unpaired) electrons. The molecule has 2 rings (SSSR count). The minimum absolute atomic E-state index is 0.0373. The monoisotopic (exact) mass is 225 g/mol. The van der Waals surface area contributed by atoms with Crippen LogP contribution in [0.5, 0.6) is 0 Å². The zero-order valence-electron chi connectivity index (χ0n) is 8.35. The third-order valence-corrected chi connectivity index (χ3v) is 3.05. The maximum absolute atomic E-state index is 11.4. The van der Waals surface area contributed by atoms with E-state index in [-0.39, 0.29) is 11.9 Å². The Hall–Kier alpha value is -1.06. The van der Waals surface area contributed by atoms with E-state index in [2.05, 4.69) is 0 Å². The fraction of sp³-hybridized carbons (Fsp3) is 0.364. The quantitative estimate of drug-likeness (QED) is 0.789. The summed E-state index contributed by atoms with van der Waals surface area (Å²) in [6.07, 6.45) is -0.410. The van der Waals surface area contributed by atoms with Crippen molar-refractivity contribution in [1.82, 2.24) is 4.90 Å². The van der Waals surface area contributed by atoms with E-state index >= 15 is 0 Å². The Morgan fingerprint density at radius 2 is 2.00 bits per heavy atom. The summed E-state index contributed by atoms with van der Waals surface area (Å²) >= 11 is 5.78. The van der Waals surface area contributed by atoms with Gasteiger partial charge in [-0.05, 0) is 17.7 Å². The van der Waals surface area contributed by atoms with Crippen LogP contribution >= 0.6 is 11.6 Å². The molecule has 1 aliphatic heterocycles. The van der Waals surface area contributed by atoms with Crippen LogP contribution in [-0.2, 0) is 4.79 Å². The molecule has 0 unspecified atom stereocenters. The van der Waals surface area contributed by atoms with Crippen LogP contribution in [0.15, 0.2) is 24.3 Å². The summed E-state index contributed by atoms with van der Waals surface area (Å²) in [5.41, 5.74) is 1.01. The summed E-state index contributed by atoms with van der Waals surface area (Å²) in [5.74, 6) is -0.213. The molecule has 80 valence electrons. The normalized spacial score (nSPS) is 26.1. The van der Waals surface area contributed by atoms with Gasteiger partial charge in [0.2, 0.25) is 0 Å². The van der Waals surface area contributed by atoms with Crippen molar-refractivity contribution in [3.63, 3.8) is 0 Å². The first kappa shape index (κ1) is 10.5. The SMILES string of the molecule is CN1C(=O)[C@H](O)C[C@H]1c1ccc(Cl)cc1. The van der Waals surface area contributed by atoms with Gasteiger partial charge in [0.05, 0.1) is 6.04 Å². The number of nitrogens with zero attached hydrogens (tertiary/aromatic N) is 1. The molecule has 1 aromatic carbocycles. The largest absolute Gasteiger partial charge is 0.383 e. The summed E-state index contributed by atoms with van der Waals surface area (Å²) in [7, 11) is 1.71. The van der Waals surface area contributed by atoms with Gasteiger partial charge < -0.3 is 10.0 Å². The fourth-order valence-corrected chi connectivity index (χ4v) is 2.03. The van der Waals surface area contributed by atoms with E-state index in [1.807, 2.05) is 12.1 Å². The number of aliphatic hydroxyl groups excluding tert-OH is 1. The van der Waals surface area contributed by atoms with Gasteiger partial charge in [-0.3, -0.25) is 4.79 Å². The maximum atomic E-state index is 11.4. The van der Waals surface area contributed by atoms with E-state index in [0.717, 1.165) is 5.56 Å². The molecule has 1 amide bonds. The van der Waals surface area contributed by atoms with Crippen molar-refractivity contribution in [1.29, 1.82) is 0 Å². The predicted octanol–water partition coefficient (Wildman–Crippen LogP) is 1.60. The number of benzene rings is 1. The number of rotatable bonds is 1. The summed E-state index contributed by atoms with van der Waals surface area (Å²) in [4.78, 5) is 13.0. The van der Waals surface area contributed by atoms with E-state index in [1.54, 1.807) is 24.1 Å². The van der Waals surface area contributed by atoms with E-state index in [1.165, 1.54) is 0 Å². The zero-order chi connectivity index (χ0) is 11.0. The molecule has 0 aromatic heterocycles. The number of hydrogen-bond donors (Lipinski definition) is 1. The number of halogens is 1. The number of aliphatic hydroxyl groups is 1. The van der Waals surface area contributed by atoms with Gasteiger partial charge in [-0.25, -0.2) is 0 Å². The first-order valence-electron chi connectivity index (χ1n) is 4.80. The third kappa shape index (κ3) is 1.85. The number of likely N-dealkylation sites (N-methyl/N-ethyl adjacent to an activating group) is 1. The third-order valence-electron chi connectivity index (χ3n) is 2.80. The molecular formula is C11H12ClNO2. The highest BCUT2D eigenvalue weighted by molar-refractivity contribution is 6.30. The Morgan fingerprint density at radius 3 is 2.47 bits per heavy atom. The van der Waals surface area contributed by atoms with Gasteiger partial charge in [-0.15, -0.1) is 0 Å². The lowest BCUT2D eigenvalue weighted by molar-refractivity contribution is -0.134. The zero-order valence-corrected chi connectivity index (χ0v) is 9.11. The Kier molecular flexibility index (Phi) is 2.67. The fourth-order valence-electron chi connectivity index (χ4n) is 1.90. The van der Waals surface area contributed by atoms with Crippen LogP contribution < -0.4 is 0 Å². The van der Waals surface area contributed by atoms with Gasteiger partial charge >= 0.3 is 0 Å². The molecule has 15 heavy (non-hydrogen) atoms. The number of likely N-dealkylation sites (tertiary alicyclic amines) is 1. The highest BCUT2D eigenvalue weighted by Crippen LogP contribution is 2.31. The smallest absolute Gasteiger partial charge is 0.251 e. The van der Waals surface area contributed by atoms with Crippen molar-refractivity contribution >= 4 is 17.5 Å². The minimum atomic E-state index is -0.865. The second-order valence-electron chi connectivity index (χ2n) is 3.77. The molecule has 1 heterocycles. The number of carbonyl (C=O) groups is 1. The number of amides is 1. The van der Waals surface area contributed by atoms with Crippen molar-refractivity contribution in [2.45, 2.75) is 18.6 Å². The number of carbonyl (C=O) groups excluding carboxylic acids is 1. The van der Waals surface area contributed by atoms with E-state index in [9.17, 15) is 9.90 Å². The first-order chi connectivity index (χ1) is 7.09. The van der Waals surface area contributed by atoms with Crippen molar-refractivity contribution in [3.05, 3.63) is 34.9 Å². The second kappa shape index (κ2) is 3.83. The molecule has 1 aromatic rings. The van der Waals surface area contributed by atoms with Gasteiger partial charge in [-0.2, -0.15) is 0 Å². The maximum Gasteiger partial charge on any atom is 0.251 e. The topological polar surface area (TPSA) is 40.5 Å². The standard InChI is InChI=1S/C11H12ClNO2/c1-13-9(6-10(14)11(13)15)7-2-4-8(12)5-3-7/h2-5,9-10,14H,6H2,1H3/t9-,10+/m0/s1. The summed E-state index contributed by atoms with van der Waals surface area (Å²) in [6, 6.07) is 7.31. The lowest BCUT2D eigenvalue weighted by Crippen LogP contribution is -2.26. The van der Waals surface area contributed by atoms with Gasteiger partial charge in [0.1, 0.15) is 6.10 Å². The van der Waals surface area contributed by atoms with Gasteiger partial charge in [0.15, 0.2) is 0 Å². The van der Waals surface area contributed by atoms with Gasteiger partial charge in [0.25, 0.3) is 5.91 Å². The molecule has 0 spiro atoms. The molecule has 4 heteroatoms. The van der Waals surface area contributed by atoms with E-state index < -0.39 is 6.10 Å². The van der Waals surface area contributed by atoms with Crippen molar-refractivity contribution in [2.75, 3.05) is 7.05 Å². The van der Waals surface area contributed by atoms with Crippen LogP contribution in [0.3, 0.4) is 0 Å². The summed E-state index contributed by atoms with van der Waals surface area (Å²) in [6.45, 7) is 0. The van der Waals surface area contributed by atoms with E-state index in [4.69, 9.17) is 11.6 Å². The first-order valence-corrected chi connectivity index (χ1v) is 5.17. The van der Waals surface area contributed by atoms with Crippen LogP contribution in [-0.4, -0.2) is 29.1 Å². The molecule has 0 bridgehead atoms. The Balaban J connectivity index is 2.25. The highest BCUT2D eigenvalue weighted by Gasteiger charge is 2.36. The van der Waals surface area contributed by atoms with Crippen molar-refractivity contribution in [2.24, 2.45) is 0 Å². The highest BCUT2D eigenvalue weighted by atomic mass is 35.5. The molecule has 0 aliphatic carbocycles. The lowest BCUT2D eigenvalue weighted by atomic mass is 10.0. The van der Waals surface area contributed by atoms with Crippen LogP contribution in [0.25, 0.3) is 0 Å². The lowest BCUT2D eigenvalue weighted by Gasteiger charge is -2.19. The Bertz CT molecular complexity index is 377. The Morgan fingerprint density at radius 1 is 1.40 bits per heavy atom. The molecule has 1 N–H and O–H groups in total. The van der Waals surface area contributed by atoms with Gasteiger partial charge in [0, 0.05) is 18.5 Å². The minimum Gasteiger partial charge on any atom is -0.383 e. The number of hydrogen-bond acceptors (Lipinski definition) is 2. The average Bonchev–Trinajstić information content (AvgIpc) is 2.47. The van der Waals surface area contributed by atoms with Crippen molar-refractivity contribution < 1.29 is 9.90 Å². The molecule has 0 saturated carbocycles. The molecule has 3 nitrogen and oxygen atoms in total. The van der Waals surface area contributed by atoms with Crippen LogP contribution in [0, 0.1) is 0 Å². The molecule has 1 saturated heterocycles. The average molecular weight is 226 g/mol. The van der Waals surface area contributed by atoms with Gasteiger partial charge in [-0.1, -0.05) is 23.7 Å². The summed E-state index contributed by atoms with van der Waals surface area (Å²) in [5, 5.41) is 10.1. The molecule has 1 fully saturated rings. The predicted molar refractivity (Wildman–Crippen MR) is 57.6 cm³/mol. The summed E-state index contributed by atoms with van der Waals surface area (Å²) < 4.78 is 0.